The van der Waals surface area contributed by atoms with E-state index in [4.69, 9.17) is 15.3 Å². The van der Waals surface area contributed by atoms with Crippen LogP contribution in [0.25, 0.3) is 0 Å². The summed E-state index contributed by atoms with van der Waals surface area (Å²) in [6, 6.07) is -0.975. The van der Waals surface area contributed by atoms with Gasteiger partial charge in [0.15, 0.2) is 10.8 Å². The predicted molar refractivity (Wildman–Crippen MR) is 134 cm³/mol. The molecule has 1 unspecified atom stereocenters. The average molecular weight is 536 g/mol. The number of fused-ring (bicyclic) bond motifs is 1. The third kappa shape index (κ3) is 6.12. The fourth-order valence-corrected chi connectivity index (χ4v) is 5.12. The van der Waals surface area contributed by atoms with E-state index < -0.39 is 40.8 Å². The monoisotopic (exact) mass is 535 g/mol. The van der Waals surface area contributed by atoms with Gasteiger partial charge >= 0.3 is 11.9 Å². The molecule has 0 bridgehead atoms. The molecule has 2 atom stereocenters. The number of esters is 1. The van der Waals surface area contributed by atoms with Gasteiger partial charge in [-0.2, -0.15) is 0 Å². The van der Waals surface area contributed by atoms with Crippen molar-refractivity contribution in [2.45, 2.75) is 37.8 Å². The summed E-state index contributed by atoms with van der Waals surface area (Å²) in [6.07, 6.45) is 3.94. The number of carboxylic acid groups (broad SMARTS) is 1. The Balaban J connectivity index is 1.70. The van der Waals surface area contributed by atoms with Crippen LogP contribution < -0.4 is 11.1 Å². The van der Waals surface area contributed by atoms with E-state index in [1.807, 2.05) is 0 Å². The molecule has 1 aromatic heterocycles. The fourth-order valence-electron chi connectivity index (χ4n) is 3.24. The van der Waals surface area contributed by atoms with Crippen molar-refractivity contribution in [3.8, 4) is 0 Å². The number of hydrogen-bond acceptors (Lipinski definition) is 11. The summed E-state index contributed by atoms with van der Waals surface area (Å²) >= 11 is 2.39. The predicted octanol–water partition coefficient (Wildman–Crippen LogP) is 1.27. The maximum Gasteiger partial charge on any atom is 0.352 e. The quantitative estimate of drug-likeness (QED) is 0.104. The number of amides is 2. The van der Waals surface area contributed by atoms with Crippen molar-refractivity contribution in [3.05, 3.63) is 47.2 Å². The Bertz CT molecular complexity index is 1180. The summed E-state index contributed by atoms with van der Waals surface area (Å²) in [5.74, 6) is -2.82. The van der Waals surface area contributed by atoms with Crippen LogP contribution in [0.1, 0.15) is 26.5 Å². The van der Waals surface area contributed by atoms with Crippen molar-refractivity contribution in [3.63, 3.8) is 0 Å². The lowest BCUT2D eigenvalue weighted by molar-refractivity contribution is -0.150. The number of hydrogen-bond donors (Lipinski definition) is 3. The number of rotatable bonds is 9. The number of aliphatic carboxylic acids is 1. The first-order valence-electron chi connectivity index (χ1n) is 10.6. The summed E-state index contributed by atoms with van der Waals surface area (Å²) in [6.45, 7) is 8.65. The van der Waals surface area contributed by atoms with Crippen molar-refractivity contribution >= 4 is 57.7 Å². The highest BCUT2D eigenvalue weighted by atomic mass is 32.2. The second-order valence-electron chi connectivity index (χ2n) is 8.49. The van der Waals surface area contributed by atoms with Gasteiger partial charge in [-0.25, -0.2) is 14.6 Å². The Morgan fingerprint density at radius 1 is 1.42 bits per heavy atom. The molecule has 1 fully saturated rings. The molecular formula is C22H25N5O7S2. The second kappa shape index (κ2) is 11.0. The number of β-lactam (4-membered cyclic amide) rings is 1. The van der Waals surface area contributed by atoms with E-state index in [-0.39, 0.29) is 28.8 Å². The number of carbonyl (C=O) groups excluding carboxylic acids is 3. The number of aromatic nitrogens is 1. The number of allylic oxidation sites excluding steroid dienone is 1. The van der Waals surface area contributed by atoms with Gasteiger partial charge in [0.2, 0.25) is 0 Å². The molecular weight excluding hydrogens is 510 g/mol. The van der Waals surface area contributed by atoms with Crippen molar-refractivity contribution in [2.75, 3.05) is 18.1 Å². The normalized spacial score (nSPS) is 20.0. The molecule has 0 saturated carbocycles. The van der Waals surface area contributed by atoms with Gasteiger partial charge in [0.05, 0.1) is 0 Å². The van der Waals surface area contributed by atoms with E-state index in [9.17, 15) is 24.3 Å². The molecule has 0 aliphatic carbocycles. The zero-order valence-electron chi connectivity index (χ0n) is 19.7. The largest absolute Gasteiger partial charge is 0.477 e. The molecule has 3 rings (SSSR count). The lowest BCUT2D eigenvalue weighted by Gasteiger charge is -2.49. The van der Waals surface area contributed by atoms with Crippen LogP contribution in [0, 0.1) is 0 Å². The molecule has 14 heteroatoms. The van der Waals surface area contributed by atoms with Crippen LogP contribution in [0.4, 0.5) is 5.13 Å². The van der Waals surface area contributed by atoms with E-state index >= 15 is 0 Å². The van der Waals surface area contributed by atoms with Gasteiger partial charge in [-0.15, -0.1) is 23.1 Å². The number of oxime groups is 1. The standard InChI is InChI=1S/C22H25N5O7S2/c1-5-11-9-35-19-15(18(30)27(19)16(11)20(31)32)25-17(29)14(12-10-36-21(23)24-12)26-33-8-6-7-13(28)34-22(2,3)4/h5-7,10,15,19H,1,8-9H2,2-4H3,(H2,23,24)(H,25,29)(H,31,32)/t15?,19-/m0/s1. The van der Waals surface area contributed by atoms with Crippen LogP contribution in [-0.2, 0) is 28.8 Å². The number of ether oxygens (including phenoxy) is 1. The first kappa shape index (κ1) is 26.9. The molecule has 2 aliphatic rings. The topological polar surface area (TPSA) is 174 Å². The maximum absolute atomic E-state index is 13.0. The highest BCUT2D eigenvalue weighted by molar-refractivity contribution is 8.00. The first-order valence-corrected chi connectivity index (χ1v) is 12.5. The highest BCUT2D eigenvalue weighted by Crippen LogP contribution is 2.40. The van der Waals surface area contributed by atoms with Gasteiger partial charge in [-0.05, 0) is 32.4 Å². The van der Waals surface area contributed by atoms with Crippen molar-refractivity contribution in [1.29, 1.82) is 0 Å². The van der Waals surface area contributed by atoms with Gasteiger partial charge in [0, 0.05) is 17.2 Å². The first-order chi connectivity index (χ1) is 16.9. The van der Waals surface area contributed by atoms with Crippen molar-refractivity contribution in [2.24, 2.45) is 5.16 Å². The summed E-state index contributed by atoms with van der Waals surface area (Å²) in [4.78, 5) is 59.5. The van der Waals surface area contributed by atoms with Gasteiger partial charge in [0.25, 0.3) is 11.8 Å². The van der Waals surface area contributed by atoms with E-state index in [0.29, 0.717) is 11.3 Å². The maximum atomic E-state index is 13.0. The minimum Gasteiger partial charge on any atom is -0.477 e. The third-order valence-corrected chi connectivity index (χ3v) is 6.68. The fraction of sp³-hybridized carbons (Fsp3) is 0.364. The molecule has 12 nitrogen and oxygen atoms in total. The molecule has 36 heavy (non-hydrogen) atoms. The number of nitrogens with one attached hydrogen (secondary N) is 1. The number of nitrogens with two attached hydrogens (primary N) is 1. The summed E-state index contributed by atoms with van der Waals surface area (Å²) in [5, 5.41) is 17.0. The second-order valence-corrected chi connectivity index (χ2v) is 10.5. The average Bonchev–Trinajstić information content (AvgIpc) is 3.22. The van der Waals surface area contributed by atoms with Crippen LogP contribution >= 0.6 is 23.1 Å². The van der Waals surface area contributed by atoms with Crippen LogP contribution in [0.3, 0.4) is 0 Å². The summed E-state index contributed by atoms with van der Waals surface area (Å²) in [5.41, 5.74) is 5.21. The molecule has 0 spiro atoms. The van der Waals surface area contributed by atoms with E-state index in [1.165, 1.54) is 35.4 Å². The zero-order chi connectivity index (χ0) is 26.6. The number of nitrogen functional groups attached to an aromatic ring is 1. The summed E-state index contributed by atoms with van der Waals surface area (Å²) < 4.78 is 5.14. The smallest absolute Gasteiger partial charge is 0.352 e. The van der Waals surface area contributed by atoms with Crippen LogP contribution in [0.5, 0.6) is 0 Å². The Morgan fingerprint density at radius 3 is 2.72 bits per heavy atom. The number of thiazole rings is 1. The van der Waals surface area contributed by atoms with Gasteiger partial charge < -0.3 is 25.7 Å². The lowest BCUT2D eigenvalue weighted by Crippen LogP contribution is -2.71. The summed E-state index contributed by atoms with van der Waals surface area (Å²) in [7, 11) is 0. The molecule has 4 N–H and O–H groups in total. The van der Waals surface area contributed by atoms with E-state index in [0.717, 1.165) is 16.2 Å². The molecule has 2 amide bonds. The highest BCUT2D eigenvalue weighted by Gasteiger charge is 2.54. The SMILES string of the molecule is C=CC1=C(C(=O)O)N2C(=O)C(NC(=O)C(=NOCC=CC(=O)OC(C)(C)C)c3csc(N)n3)[C@@H]2SC1. The number of carbonyl (C=O) groups is 4. The molecule has 1 aromatic rings. The van der Waals surface area contributed by atoms with E-state index in [2.05, 4.69) is 22.0 Å². The van der Waals surface area contributed by atoms with Gasteiger partial charge in [-0.1, -0.05) is 17.8 Å². The third-order valence-electron chi connectivity index (χ3n) is 4.70. The van der Waals surface area contributed by atoms with E-state index in [1.54, 1.807) is 20.8 Å². The van der Waals surface area contributed by atoms with Gasteiger partial charge in [0.1, 0.15) is 35.0 Å². The minimum atomic E-state index is -1.25. The Labute approximate surface area is 214 Å². The Hall–Kier alpha value is -3.65. The van der Waals surface area contributed by atoms with Crippen LogP contribution in [0.2, 0.25) is 0 Å². The number of nitrogens with zero attached hydrogens (tertiary/aromatic N) is 3. The molecule has 0 aromatic carbocycles. The Kier molecular flexibility index (Phi) is 8.20. The van der Waals surface area contributed by atoms with Gasteiger partial charge in [-0.3, -0.25) is 14.5 Å². The minimum absolute atomic E-state index is 0.131. The molecule has 3 heterocycles. The zero-order valence-corrected chi connectivity index (χ0v) is 21.4. The van der Waals surface area contributed by atoms with Crippen molar-refractivity contribution in [1.82, 2.24) is 15.2 Å². The lowest BCUT2D eigenvalue weighted by atomic mass is 10.0. The van der Waals surface area contributed by atoms with Crippen LogP contribution in [-0.4, -0.2) is 73.8 Å². The Morgan fingerprint density at radius 2 is 2.14 bits per heavy atom. The molecule has 2 aliphatic heterocycles. The number of carboxylic acids is 1. The number of thioether (sulfide) groups is 1. The van der Waals surface area contributed by atoms with Crippen LogP contribution in [0.15, 0.2) is 46.6 Å². The molecule has 1 saturated heterocycles. The molecule has 0 radical (unpaired) electrons. The number of anilines is 1. The molecule has 192 valence electrons. The van der Waals surface area contributed by atoms with Crippen molar-refractivity contribution < 1.29 is 33.9 Å².